The van der Waals surface area contributed by atoms with Crippen molar-refractivity contribution in [1.29, 1.82) is 0 Å². The standard InChI is InChI=1S/C29H38N4O3/c1-2-3-4-20-7-11-25-26(17-20)32-29(31-25)22-8-12-27(30-19-22)33-15-13-24(14-16-33)36-23-9-5-21(6-10-23)18-28(34)35/h7-8,11-12,17,19,21,23-24H,2-6,9-10,13-16,18H2,1H3,(H,31,32)(H,34,35). The van der Waals surface area contributed by atoms with Crippen molar-refractivity contribution in [1.82, 2.24) is 15.0 Å². The summed E-state index contributed by atoms with van der Waals surface area (Å²) in [5, 5.41) is 9.00. The number of nitrogens with one attached hydrogen (secondary N) is 1. The molecule has 3 aromatic rings. The van der Waals surface area contributed by atoms with Crippen LogP contribution in [0.25, 0.3) is 22.4 Å². The lowest BCUT2D eigenvalue weighted by Gasteiger charge is -2.36. The maximum Gasteiger partial charge on any atom is 0.303 e. The highest BCUT2D eigenvalue weighted by molar-refractivity contribution is 5.80. The van der Waals surface area contributed by atoms with E-state index in [1.807, 2.05) is 6.20 Å². The van der Waals surface area contributed by atoms with Crippen LogP contribution in [-0.2, 0) is 16.0 Å². The second-order valence-electron chi connectivity index (χ2n) is 10.5. The molecule has 2 fully saturated rings. The van der Waals surface area contributed by atoms with E-state index in [-0.39, 0.29) is 6.10 Å². The van der Waals surface area contributed by atoms with Gasteiger partial charge in [0.2, 0.25) is 0 Å². The Bertz CT molecular complexity index is 1140. The monoisotopic (exact) mass is 490 g/mol. The lowest BCUT2D eigenvalue weighted by atomic mass is 9.85. The Morgan fingerprint density at radius 3 is 2.56 bits per heavy atom. The van der Waals surface area contributed by atoms with Crippen LogP contribution >= 0.6 is 0 Å². The molecule has 2 aliphatic rings. The number of aliphatic carboxylic acids is 1. The molecule has 7 heteroatoms. The molecule has 192 valence electrons. The highest BCUT2D eigenvalue weighted by atomic mass is 16.5. The van der Waals surface area contributed by atoms with Gasteiger partial charge in [-0.15, -0.1) is 0 Å². The summed E-state index contributed by atoms with van der Waals surface area (Å²) < 4.78 is 6.40. The molecular weight excluding hydrogens is 452 g/mol. The minimum absolute atomic E-state index is 0.288. The number of benzene rings is 1. The number of aryl methyl sites for hydroxylation is 1. The molecule has 0 bridgehead atoms. The third-order valence-corrected chi connectivity index (χ3v) is 7.79. The number of pyridine rings is 1. The second-order valence-corrected chi connectivity index (χ2v) is 10.5. The summed E-state index contributed by atoms with van der Waals surface area (Å²) in [7, 11) is 0. The van der Waals surface area contributed by atoms with Crippen molar-refractivity contribution < 1.29 is 14.6 Å². The zero-order valence-corrected chi connectivity index (χ0v) is 21.3. The van der Waals surface area contributed by atoms with E-state index in [9.17, 15) is 4.79 Å². The van der Waals surface area contributed by atoms with E-state index in [0.717, 1.165) is 86.3 Å². The molecule has 0 unspecified atom stereocenters. The van der Waals surface area contributed by atoms with Crippen molar-refractivity contribution in [2.75, 3.05) is 18.0 Å². The minimum atomic E-state index is -0.678. The molecule has 36 heavy (non-hydrogen) atoms. The highest BCUT2D eigenvalue weighted by Crippen LogP contribution is 2.31. The Labute approximate surface area is 213 Å². The normalized spacial score (nSPS) is 21.2. The number of fused-ring (bicyclic) bond motifs is 1. The van der Waals surface area contributed by atoms with E-state index in [2.05, 4.69) is 47.1 Å². The number of carbonyl (C=O) groups is 1. The number of piperidine rings is 1. The van der Waals surface area contributed by atoms with E-state index in [1.165, 1.54) is 18.4 Å². The zero-order chi connectivity index (χ0) is 24.9. The number of hydrogen-bond donors (Lipinski definition) is 2. The molecule has 2 aromatic heterocycles. The number of aromatic nitrogens is 3. The number of nitrogens with zero attached hydrogens (tertiary/aromatic N) is 3. The Kier molecular flexibility index (Phi) is 7.85. The zero-order valence-electron chi connectivity index (χ0n) is 21.3. The SMILES string of the molecule is CCCCc1ccc2nc(-c3ccc(N4CCC(OC5CCC(CC(=O)O)CC5)CC4)nc3)[nH]c2c1. The Morgan fingerprint density at radius 2 is 1.86 bits per heavy atom. The maximum atomic E-state index is 10.9. The molecule has 1 aliphatic carbocycles. The number of H-pyrrole nitrogens is 1. The minimum Gasteiger partial charge on any atom is -0.481 e. The number of carboxylic acid groups (broad SMARTS) is 1. The molecule has 0 amide bonds. The average Bonchev–Trinajstić information content (AvgIpc) is 3.32. The third-order valence-electron chi connectivity index (χ3n) is 7.79. The van der Waals surface area contributed by atoms with E-state index in [1.54, 1.807) is 0 Å². The summed E-state index contributed by atoms with van der Waals surface area (Å²) in [4.78, 5) is 26.3. The first-order valence-corrected chi connectivity index (χ1v) is 13.6. The molecule has 0 atom stereocenters. The first-order valence-electron chi connectivity index (χ1n) is 13.6. The van der Waals surface area contributed by atoms with Crippen molar-refractivity contribution >= 4 is 22.8 Å². The second kappa shape index (κ2) is 11.4. The lowest BCUT2D eigenvalue weighted by molar-refractivity contribution is -0.138. The van der Waals surface area contributed by atoms with Gasteiger partial charge in [0.25, 0.3) is 0 Å². The van der Waals surface area contributed by atoms with Gasteiger partial charge in [0, 0.05) is 31.3 Å². The van der Waals surface area contributed by atoms with Crippen LogP contribution in [0.2, 0.25) is 0 Å². The van der Waals surface area contributed by atoms with Crippen LogP contribution in [0.15, 0.2) is 36.5 Å². The number of carboxylic acids is 1. The lowest BCUT2D eigenvalue weighted by Crippen LogP contribution is -2.39. The fourth-order valence-electron chi connectivity index (χ4n) is 5.66. The largest absolute Gasteiger partial charge is 0.481 e. The van der Waals surface area contributed by atoms with Gasteiger partial charge in [0.05, 0.1) is 23.2 Å². The highest BCUT2D eigenvalue weighted by Gasteiger charge is 2.28. The summed E-state index contributed by atoms with van der Waals surface area (Å²) in [6.45, 7) is 4.10. The van der Waals surface area contributed by atoms with Crippen LogP contribution in [0.3, 0.4) is 0 Å². The molecule has 0 spiro atoms. The summed E-state index contributed by atoms with van der Waals surface area (Å²) in [5.41, 5.74) is 4.43. The topological polar surface area (TPSA) is 91.3 Å². The molecular formula is C29H38N4O3. The Hall–Kier alpha value is -2.93. The number of anilines is 1. The molecule has 1 aromatic carbocycles. The van der Waals surface area contributed by atoms with Crippen LogP contribution < -0.4 is 4.90 Å². The summed E-state index contributed by atoms with van der Waals surface area (Å²) in [6, 6.07) is 10.7. The number of aromatic amines is 1. The van der Waals surface area contributed by atoms with Gasteiger partial charge in [-0.1, -0.05) is 19.4 Å². The molecule has 5 rings (SSSR count). The molecule has 1 saturated carbocycles. The van der Waals surface area contributed by atoms with E-state index in [4.69, 9.17) is 19.8 Å². The van der Waals surface area contributed by atoms with Gasteiger partial charge >= 0.3 is 5.97 Å². The predicted octanol–water partition coefficient (Wildman–Crippen LogP) is 5.99. The van der Waals surface area contributed by atoms with Crippen molar-refractivity contribution in [2.45, 2.75) is 83.3 Å². The van der Waals surface area contributed by atoms with Crippen LogP contribution in [-0.4, -0.2) is 51.3 Å². The van der Waals surface area contributed by atoms with Gasteiger partial charge in [-0.05, 0) is 87.1 Å². The van der Waals surface area contributed by atoms with Gasteiger partial charge in [0.15, 0.2) is 0 Å². The van der Waals surface area contributed by atoms with Gasteiger partial charge in [-0.3, -0.25) is 4.79 Å². The Morgan fingerprint density at radius 1 is 1.08 bits per heavy atom. The summed E-state index contributed by atoms with van der Waals surface area (Å²) >= 11 is 0. The number of rotatable bonds is 9. The first kappa shape index (κ1) is 24.8. The van der Waals surface area contributed by atoms with Gasteiger partial charge in [-0.25, -0.2) is 9.97 Å². The van der Waals surface area contributed by atoms with E-state index >= 15 is 0 Å². The van der Waals surface area contributed by atoms with Crippen molar-refractivity contribution in [2.24, 2.45) is 5.92 Å². The van der Waals surface area contributed by atoms with Crippen LogP contribution in [0, 0.1) is 5.92 Å². The number of ether oxygens (including phenoxy) is 1. The van der Waals surface area contributed by atoms with Crippen molar-refractivity contribution in [3.05, 3.63) is 42.1 Å². The molecule has 2 N–H and O–H groups in total. The summed E-state index contributed by atoms with van der Waals surface area (Å²) in [5.74, 6) is 1.51. The van der Waals surface area contributed by atoms with Gasteiger partial charge in [-0.2, -0.15) is 0 Å². The van der Waals surface area contributed by atoms with Crippen LogP contribution in [0.1, 0.15) is 70.3 Å². The van der Waals surface area contributed by atoms with Crippen molar-refractivity contribution in [3.8, 4) is 11.4 Å². The molecule has 1 aliphatic heterocycles. The third kappa shape index (κ3) is 6.06. The summed E-state index contributed by atoms with van der Waals surface area (Å²) in [6.07, 6.45) is 12.2. The molecule has 1 saturated heterocycles. The predicted molar refractivity (Wildman–Crippen MR) is 142 cm³/mol. The van der Waals surface area contributed by atoms with Gasteiger partial charge in [0.1, 0.15) is 11.6 Å². The van der Waals surface area contributed by atoms with Crippen LogP contribution in [0.4, 0.5) is 5.82 Å². The fourth-order valence-corrected chi connectivity index (χ4v) is 5.66. The fraction of sp³-hybridized carbons (Fsp3) is 0.552. The smallest absolute Gasteiger partial charge is 0.303 e. The van der Waals surface area contributed by atoms with E-state index in [0.29, 0.717) is 18.4 Å². The average molecular weight is 491 g/mol. The van der Waals surface area contributed by atoms with Crippen LogP contribution in [0.5, 0.6) is 0 Å². The number of hydrogen-bond acceptors (Lipinski definition) is 5. The van der Waals surface area contributed by atoms with E-state index < -0.39 is 5.97 Å². The molecule has 0 radical (unpaired) electrons. The van der Waals surface area contributed by atoms with Crippen molar-refractivity contribution in [3.63, 3.8) is 0 Å². The number of imidazole rings is 1. The molecule has 7 nitrogen and oxygen atoms in total. The van der Waals surface area contributed by atoms with Gasteiger partial charge < -0.3 is 19.7 Å². The number of unbranched alkanes of at least 4 members (excludes halogenated alkanes) is 1. The quantitative estimate of drug-likeness (QED) is 0.383. The Balaban J connectivity index is 1.12. The molecule has 3 heterocycles. The maximum absolute atomic E-state index is 10.9. The first-order chi connectivity index (χ1) is 17.6.